The fraction of sp³-hybridized carbons (Fsp3) is 0.231. The van der Waals surface area contributed by atoms with Crippen molar-refractivity contribution in [3.63, 3.8) is 0 Å². The highest BCUT2D eigenvalue weighted by atomic mass is 16.1. The lowest BCUT2D eigenvalue weighted by molar-refractivity contribution is -0.109. The van der Waals surface area contributed by atoms with Crippen molar-refractivity contribution in [3.05, 3.63) is 48.6 Å². The number of carbonyl (C=O) groups is 1. The number of carbonyl (C=O) groups excluding carboxylic acids is 1. The van der Waals surface area contributed by atoms with Crippen LogP contribution in [0.1, 0.15) is 12.0 Å². The van der Waals surface area contributed by atoms with Gasteiger partial charge in [0, 0.05) is 12.1 Å². The van der Waals surface area contributed by atoms with Crippen LogP contribution in [0.4, 0.5) is 0 Å². The molecule has 2 heteroatoms. The second-order valence-corrected chi connectivity index (χ2v) is 3.82. The highest BCUT2D eigenvalue weighted by molar-refractivity contribution is 5.84. The number of aldehydes is 1. The molecule has 0 radical (unpaired) electrons. The van der Waals surface area contributed by atoms with Crippen LogP contribution in [0.5, 0.6) is 0 Å². The Kier molecular flexibility index (Phi) is 2.50. The topological polar surface area (TPSA) is 29.4 Å². The third kappa shape index (κ3) is 1.89. The lowest BCUT2D eigenvalue weighted by Crippen LogP contribution is -2.10. The van der Waals surface area contributed by atoms with Crippen molar-refractivity contribution in [1.82, 2.24) is 0 Å². The van der Waals surface area contributed by atoms with E-state index in [1.165, 1.54) is 0 Å². The van der Waals surface area contributed by atoms with Gasteiger partial charge in [0.05, 0.1) is 0 Å². The SMILES string of the molecule is C=CC1CC1(C=O)/N=C/c1ccccc1. The molecule has 0 aliphatic heterocycles. The second-order valence-electron chi connectivity index (χ2n) is 3.82. The van der Waals surface area contributed by atoms with Crippen LogP contribution in [0.3, 0.4) is 0 Å². The van der Waals surface area contributed by atoms with Gasteiger partial charge in [-0.1, -0.05) is 36.4 Å². The van der Waals surface area contributed by atoms with E-state index >= 15 is 0 Å². The van der Waals surface area contributed by atoms with Gasteiger partial charge in [-0.05, 0) is 12.0 Å². The van der Waals surface area contributed by atoms with E-state index in [1.54, 1.807) is 12.3 Å². The molecule has 0 heterocycles. The molecule has 0 aromatic heterocycles. The third-order valence-corrected chi connectivity index (χ3v) is 2.77. The van der Waals surface area contributed by atoms with Gasteiger partial charge in [-0.25, -0.2) is 0 Å². The van der Waals surface area contributed by atoms with Crippen LogP contribution in [-0.4, -0.2) is 18.0 Å². The van der Waals surface area contributed by atoms with Crippen molar-refractivity contribution >= 4 is 12.5 Å². The van der Waals surface area contributed by atoms with Gasteiger partial charge in [-0.15, -0.1) is 6.58 Å². The van der Waals surface area contributed by atoms with Gasteiger partial charge in [-0.3, -0.25) is 4.99 Å². The van der Waals surface area contributed by atoms with Crippen LogP contribution in [-0.2, 0) is 4.79 Å². The molecule has 1 saturated carbocycles. The summed E-state index contributed by atoms with van der Waals surface area (Å²) >= 11 is 0. The maximum atomic E-state index is 10.9. The van der Waals surface area contributed by atoms with Crippen LogP contribution in [0, 0.1) is 5.92 Å². The summed E-state index contributed by atoms with van der Waals surface area (Å²) < 4.78 is 0. The standard InChI is InChI=1S/C13H13NO/c1-2-12-8-13(12,10-15)14-9-11-6-4-3-5-7-11/h2-7,9-10,12H,1,8H2/b14-9+. The molecule has 76 valence electrons. The summed E-state index contributed by atoms with van der Waals surface area (Å²) in [5.74, 6) is 0.218. The fourth-order valence-electron chi connectivity index (χ4n) is 1.63. The molecule has 1 fully saturated rings. The van der Waals surface area contributed by atoms with E-state index in [1.807, 2.05) is 30.3 Å². The first-order valence-electron chi connectivity index (χ1n) is 5.00. The molecule has 15 heavy (non-hydrogen) atoms. The van der Waals surface area contributed by atoms with Gasteiger partial charge in [0.2, 0.25) is 0 Å². The normalized spacial score (nSPS) is 28.9. The zero-order valence-electron chi connectivity index (χ0n) is 8.47. The lowest BCUT2D eigenvalue weighted by Gasteiger charge is -2.00. The summed E-state index contributed by atoms with van der Waals surface area (Å²) in [5, 5.41) is 0. The molecule has 1 aliphatic rings. The molecule has 0 bridgehead atoms. The summed E-state index contributed by atoms with van der Waals surface area (Å²) in [7, 11) is 0. The fourth-order valence-corrected chi connectivity index (χ4v) is 1.63. The van der Waals surface area contributed by atoms with Crippen LogP contribution in [0.2, 0.25) is 0 Å². The summed E-state index contributed by atoms with van der Waals surface area (Å²) in [6.45, 7) is 3.69. The van der Waals surface area contributed by atoms with E-state index in [4.69, 9.17) is 0 Å². The van der Waals surface area contributed by atoms with Crippen LogP contribution < -0.4 is 0 Å². The summed E-state index contributed by atoms with van der Waals surface area (Å²) in [6, 6.07) is 9.79. The maximum absolute atomic E-state index is 10.9. The Morgan fingerprint density at radius 1 is 1.40 bits per heavy atom. The Bertz CT molecular complexity index is 396. The van der Waals surface area contributed by atoms with Crippen LogP contribution in [0.15, 0.2) is 48.0 Å². The predicted molar refractivity (Wildman–Crippen MR) is 61.1 cm³/mol. The maximum Gasteiger partial charge on any atom is 0.148 e. The Balaban J connectivity index is 2.12. The highest BCUT2D eigenvalue weighted by Gasteiger charge is 2.52. The predicted octanol–water partition coefficient (Wildman–Crippen LogP) is 2.25. The largest absolute Gasteiger partial charge is 0.301 e. The molecule has 1 aliphatic carbocycles. The van der Waals surface area contributed by atoms with Gasteiger partial charge in [0.15, 0.2) is 0 Å². The number of hydrogen-bond donors (Lipinski definition) is 0. The molecule has 1 aromatic rings. The molecule has 0 amide bonds. The quantitative estimate of drug-likeness (QED) is 0.415. The first-order chi connectivity index (χ1) is 7.30. The minimum Gasteiger partial charge on any atom is -0.301 e. The number of benzene rings is 1. The molecule has 2 atom stereocenters. The zero-order valence-corrected chi connectivity index (χ0v) is 8.47. The molecule has 2 rings (SSSR count). The van der Waals surface area contributed by atoms with E-state index in [9.17, 15) is 4.79 Å². The van der Waals surface area contributed by atoms with E-state index < -0.39 is 5.54 Å². The van der Waals surface area contributed by atoms with Gasteiger partial charge < -0.3 is 4.79 Å². The van der Waals surface area contributed by atoms with Crippen LogP contribution >= 0.6 is 0 Å². The molecule has 2 nitrogen and oxygen atoms in total. The highest BCUT2D eigenvalue weighted by Crippen LogP contribution is 2.46. The van der Waals surface area contributed by atoms with Crippen molar-refractivity contribution in [2.75, 3.05) is 0 Å². The molecule has 0 spiro atoms. The molecule has 0 N–H and O–H groups in total. The lowest BCUT2D eigenvalue weighted by atomic mass is 10.2. The Labute approximate surface area is 89.3 Å². The van der Waals surface area contributed by atoms with Crippen molar-refractivity contribution in [3.8, 4) is 0 Å². The minimum absolute atomic E-state index is 0.218. The Morgan fingerprint density at radius 2 is 2.13 bits per heavy atom. The van der Waals surface area contributed by atoms with Gasteiger partial charge in [-0.2, -0.15) is 0 Å². The molecule has 1 aromatic carbocycles. The average molecular weight is 199 g/mol. The van der Waals surface area contributed by atoms with Gasteiger partial charge in [0.1, 0.15) is 11.8 Å². The molecule has 2 unspecified atom stereocenters. The van der Waals surface area contributed by atoms with Crippen molar-refractivity contribution in [2.45, 2.75) is 12.0 Å². The first-order valence-corrected chi connectivity index (χ1v) is 5.00. The number of nitrogens with zero attached hydrogens (tertiary/aromatic N) is 1. The summed E-state index contributed by atoms with van der Waals surface area (Å²) in [6.07, 6.45) is 5.29. The smallest absolute Gasteiger partial charge is 0.148 e. The van der Waals surface area contributed by atoms with E-state index in [0.29, 0.717) is 0 Å². The average Bonchev–Trinajstić information content (AvgIpc) is 3.02. The van der Waals surface area contributed by atoms with E-state index in [2.05, 4.69) is 11.6 Å². The Hall–Kier alpha value is -1.70. The van der Waals surface area contributed by atoms with Gasteiger partial charge in [0.25, 0.3) is 0 Å². The molecular formula is C13H13NO. The van der Waals surface area contributed by atoms with E-state index in [-0.39, 0.29) is 5.92 Å². The number of aliphatic imine (C=N–C) groups is 1. The number of hydrogen-bond acceptors (Lipinski definition) is 2. The summed E-state index contributed by atoms with van der Waals surface area (Å²) in [4.78, 5) is 15.3. The van der Waals surface area contributed by atoms with Crippen LogP contribution in [0.25, 0.3) is 0 Å². The monoisotopic (exact) mass is 199 g/mol. The second kappa shape index (κ2) is 3.81. The minimum atomic E-state index is -0.516. The summed E-state index contributed by atoms with van der Waals surface area (Å²) in [5.41, 5.74) is 0.505. The Morgan fingerprint density at radius 3 is 2.67 bits per heavy atom. The van der Waals surface area contributed by atoms with E-state index in [0.717, 1.165) is 18.3 Å². The molecule has 0 saturated heterocycles. The van der Waals surface area contributed by atoms with Crippen molar-refractivity contribution in [2.24, 2.45) is 10.9 Å². The molecular weight excluding hydrogens is 186 g/mol. The van der Waals surface area contributed by atoms with Gasteiger partial charge >= 0.3 is 0 Å². The van der Waals surface area contributed by atoms with Crippen molar-refractivity contribution in [1.29, 1.82) is 0 Å². The van der Waals surface area contributed by atoms with Crippen molar-refractivity contribution < 1.29 is 4.79 Å². The third-order valence-electron chi connectivity index (χ3n) is 2.77. The number of rotatable bonds is 4. The zero-order chi connectivity index (χ0) is 10.7. The first kappa shape index (κ1) is 9.84.